The van der Waals surface area contributed by atoms with E-state index < -0.39 is 0 Å². The van der Waals surface area contributed by atoms with E-state index in [2.05, 4.69) is 28.1 Å². The van der Waals surface area contributed by atoms with Gasteiger partial charge in [0.05, 0.1) is 18.7 Å². The number of likely N-dealkylation sites (tertiary alicyclic amines) is 1. The zero-order chi connectivity index (χ0) is 19.8. The van der Waals surface area contributed by atoms with Crippen molar-refractivity contribution in [2.45, 2.75) is 25.3 Å². The Morgan fingerprint density at radius 1 is 1.14 bits per heavy atom. The first-order valence-corrected chi connectivity index (χ1v) is 10.2. The highest BCUT2D eigenvalue weighted by Crippen LogP contribution is 2.41. The Hall–Kier alpha value is -3.14. The molecule has 0 spiro atoms. The minimum absolute atomic E-state index is 0.104. The van der Waals surface area contributed by atoms with E-state index in [-0.39, 0.29) is 11.9 Å². The second-order valence-electron chi connectivity index (χ2n) is 7.91. The number of rotatable bonds is 3. The summed E-state index contributed by atoms with van der Waals surface area (Å²) in [5, 5.41) is 1.08. The van der Waals surface area contributed by atoms with Gasteiger partial charge in [-0.05, 0) is 72.7 Å². The van der Waals surface area contributed by atoms with Crippen molar-refractivity contribution < 1.29 is 9.53 Å². The van der Waals surface area contributed by atoms with Crippen LogP contribution in [0.3, 0.4) is 0 Å². The van der Waals surface area contributed by atoms with Gasteiger partial charge in [0.2, 0.25) is 0 Å². The lowest BCUT2D eigenvalue weighted by Gasteiger charge is -2.43. The first-order valence-electron chi connectivity index (χ1n) is 10.2. The SMILES string of the molecule is COc1ccc2nccc(C3=CCC4CCN(C(=O)c5ccccc5)C3C4)c2c1. The van der Waals surface area contributed by atoms with Crippen LogP contribution in [0, 0.1) is 5.92 Å². The van der Waals surface area contributed by atoms with Crippen LogP contribution in [0.5, 0.6) is 5.75 Å². The number of piperidine rings is 1. The van der Waals surface area contributed by atoms with Crippen molar-refractivity contribution in [2.24, 2.45) is 5.92 Å². The summed E-state index contributed by atoms with van der Waals surface area (Å²) in [6.07, 6.45) is 7.38. The molecule has 2 bridgehead atoms. The number of allylic oxidation sites excluding steroid dienone is 1. The molecular formula is C25H24N2O2. The van der Waals surface area contributed by atoms with E-state index in [1.165, 1.54) is 5.57 Å². The molecule has 1 aromatic heterocycles. The van der Waals surface area contributed by atoms with Crippen molar-refractivity contribution in [3.8, 4) is 5.75 Å². The maximum absolute atomic E-state index is 13.3. The molecule has 0 N–H and O–H groups in total. The number of benzene rings is 2. The molecule has 1 aliphatic carbocycles. The predicted octanol–water partition coefficient (Wildman–Crippen LogP) is 4.95. The van der Waals surface area contributed by atoms with E-state index >= 15 is 0 Å². The molecule has 29 heavy (non-hydrogen) atoms. The van der Waals surface area contributed by atoms with Gasteiger partial charge in [0.15, 0.2) is 0 Å². The lowest BCUT2D eigenvalue weighted by molar-refractivity contribution is 0.0615. The van der Waals surface area contributed by atoms with Crippen LogP contribution in [0.25, 0.3) is 16.5 Å². The molecule has 2 atom stereocenters. The predicted molar refractivity (Wildman–Crippen MR) is 115 cm³/mol. The number of ether oxygens (including phenoxy) is 1. The van der Waals surface area contributed by atoms with Crippen LogP contribution in [0.15, 0.2) is 66.9 Å². The lowest BCUT2D eigenvalue weighted by Crippen LogP contribution is -2.48. The molecule has 3 aromatic rings. The molecule has 0 saturated carbocycles. The first-order chi connectivity index (χ1) is 14.2. The monoisotopic (exact) mass is 384 g/mol. The van der Waals surface area contributed by atoms with Crippen LogP contribution in [0.4, 0.5) is 0 Å². The van der Waals surface area contributed by atoms with Gasteiger partial charge in [0, 0.05) is 23.7 Å². The fraction of sp³-hybridized carbons (Fsp3) is 0.280. The van der Waals surface area contributed by atoms with E-state index in [0.29, 0.717) is 5.92 Å². The normalized spacial score (nSPS) is 21.0. The van der Waals surface area contributed by atoms with Gasteiger partial charge in [-0.3, -0.25) is 9.78 Å². The maximum atomic E-state index is 13.3. The van der Waals surface area contributed by atoms with Crippen LogP contribution in [-0.4, -0.2) is 35.5 Å². The van der Waals surface area contributed by atoms with E-state index in [4.69, 9.17) is 4.74 Å². The van der Waals surface area contributed by atoms with Gasteiger partial charge in [0.1, 0.15) is 5.75 Å². The average Bonchev–Trinajstić information content (AvgIpc) is 2.79. The molecule has 146 valence electrons. The summed E-state index contributed by atoms with van der Waals surface area (Å²) in [5.74, 6) is 1.60. The Balaban J connectivity index is 1.58. The number of hydrogen-bond acceptors (Lipinski definition) is 3. The highest BCUT2D eigenvalue weighted by molar-refractivity contribution is 5.98. The number of carbonyl (C=O) groups excluding carboxylic acids is 1. The number of fused-ring (bicyclic) bond motifs is 3. The van der Waals surface area contributed by atoms with E-state index in [9.17, 15) is 4.79 Å². The minimum Gasteiger partial charge on any atom is -0.497 e. The van der Waals surface area contributed by atoms with Gasteiger partial charge >= 0.3 is 0 Å². The molecule has 1 amide bonds. The third-order valence-electron chi connectivity index (χ3n) is 6.28. The molecule has 2 unspecified atom stereocenters. The summed E-state index contributed by atoms with van der Waals surface area (Å²) in [7, 11) is 1.68. The summed E-state index contributed by atoms with van der Waals surface area (Å²) >= 11 is 0. The Morgan fingerprint density at radius 3 is 2.83 bits per heavy atom. The highest BCUT2D eigenvalue weighted by Gasteiger charge is 2.37. The van der Waals surface area contributed by atoms with Crippen molar-refractivity contribution in [1.82, 2.24) is 9.88 Å². The summed E-state index contributed by atoms with van der Waals surface area (Å²) in [4.78, 5) is 19.9. The Labute approximate surface area is 170 Å². The van der Waals surface area contributed by atoms with Crippen molar-refractivity contribution in [3.05, 3.63) is 78.0 Å². The van der Waals surface area contributed by atoms with Crippen LogP contribution < -0.4 is 4.74 Å². The van der Waals surface area contributed by atoms with Crippen molar-refractivity contribution in [1.29, 1.82) is 0 Å². The summed E-state index contributed by atoms with van der Waals surface area (Å²) in [5.41, 5.74) is 4.11. The van der Waals surface area contributed by atoms with Gasteiger partial charge in [-0.15, -0.1) is 0 Å². The smallest absolute Gasteiger partial charge is 0.254 e. The van der Waals surface area contributed by atoms with Crippen LogP contribution in [0.1, 0.15) is 35.2 Å². The van der Waals surface area contributed by atoms with Gasteiger partial charge < -0.3 is 9.64 Å². The zero-order valence-corrected chi connectivity index (χ0v) is 16.5. The molecule has 1 aliphatic heterocycles. The number of aromatic nitrogens is 1. The van der Waals surface area contributed by atoms with Crippen LogP contribution >= 0.6 is 0 Å². The summed E-state index contributed by atoms with van der Waals surface area (Å²) in [6, 6.07) is 17.8. The Kier molecular flexibility index (Phi) is 4.55. The van der Waals surface area contributed by atoms with Crippen LogP contribution in [-0.2, 0) is 0 Å². The Morgan fingerprint density at radius 2 is 2.00 bits per heavy atom. The second kappa shape index (κ2) is 7.36. The van der Waals surface area contributed by atoms with Crippen molar-refractivity contribution in [2.75, 3.05) is 13.7 Å². The van der Waals surface area contributed by atoms with Gasteiger partial charge in [-0.2, -0.15) is 0 Å². The molecule has 2 aliphatic rings. The largest absolute Gasteiger partial charge is 0.497 e. The maximum Gasteiger partial charge on any atom is 0.254 e. The number of pyridine rings is 1. The van der Waals surface area contributed by atoms with E-state index in [0.717, 1.165) is 53.6 Å². The van der Waals surface area contributed by atoms with E-state index in [1.807, 2.05) is 48.7 Å². The molecule has 2 heterocycles. The highest BCUT2D eigenvalue weighted by atomic mass is 16.5. The lowest BCUT2D eigenvalue weighted by atomic mass is 9.77. The molecule has 4 heteroatoms. The van der Waals surface area contributed by atoms with Crippen molar-refractivity contribution >= 4 is 22.4 Å². The number of nitrogens with zero attached hydrogens (tertiary/aromatic N) is 2. The minimum atomic E-state index is 0.104. The van der Waals surface area contributed by atoms with E-state index in [1.54, 1.807) is 7.11 Å². The fourth-order valence-electron chi connectivity index (χ4n) is 4.76. The van der Waals surface area contributed by atoms with Crippen molar-refractivity contribution in [3.63, 3.8) is 0 Å². The molecular weight excluding hydrogens is 360 g/mol. The molecule has 1 saturated heterocycles. The quantitative estimate of drug-likeness (QED) is 0.642. The molecule has 2 aromatic carbocycles. The van der Waals surface area contributed by atoms with Crippen LogP contribution in [0.2, 0.25) is 0 Å². The average molecular weight is 384 g/mol. The fourth-order valence-corrected chi connectivity index (χ4v) is 4.76. The summed E-state index contributed by atoms with van der Waals surface area (Å²) < 4.78 is 5.45. The topological polar surface area (TPSA) is 42.4 Å². The van der Waals surface area contributed by atoms with Gasteiger partial charge in [-0.25, -0.2) is 0 Å². The third-order valence-corrected chi connectivity index (χ3v) is 6.28. The molecule has 1 fully saturated rings. The summed E-state index contributed by atoms with van der Waals surface area (Å²) in [6.45, 7) is 0.812. The standard InChI is InChI=1S/C25H24N2O2/c1-29-19-8-10-23-22(16-19)20(11-13-26-23)21-9-7-17-12-14-27(24(21)15-17)25(28)18-5-3-2-4-6-18/h2-6,8-11,13,16-17,24H,7,12,14-15H2,1H3. The Bertz CT molecular complexity index is 1090. The molecule has 5 rings (SSSR count). The third kappa shape index (κ3) is 3.19. The van der Waals surface area contributed by atoms with Gasteiger partial charge in [0.25, 0.3) is 5.91 Å². The van der Waals surface area contributed by atoms with Gasteiger partial charge in [-0.1, -0.05) is 24.3 Å². The first kappa shape index (κ1) is 17.9. The molecule has 4 nitrogen and oxygen atoms in total. The number of methoxy groups -OCH3 is 1. The number of amides is 1. The second-order valence-corrected chi connectivity index (χ2v) is 7.91. The number of carbonyl (C=O) groups is 1. The zero-order valence-electron chi connectivity index (χ0n) is 16.5. The number of hydrogen-bond donors (Lipinski definition) is 0. The molecule has 0 radical (unpaired) electrons.